The smallest absolute Gasteiger partial charge is 0.387 e. The summed E-state index contributed by atoms with van der Waals surface area (Å²) in [6.07, 6.45) is 1.47. The second kappa shape index (κ2) is 8.60. The lowest BCUT2D eigenvalue weighted by molar-refractivity contribution is -0.131. The molecule has 11 heteroatoms. The second-order valence-electron chi connectivity index (χ2n) is 7.09. The predicted molar refractivity (Wildman–Crippen MR) is 111 cm³/mol. The monoisotopic (exact) mass is 450 g/mol. The molecule has 1 N–H and O–H groups in total. The molecule has 0 bridgehead atoms. The standard InChI is InChI=1S/C20H20F2N4O4S/c1-20(13-2-4-14(5-3-13)30-18(21)22)17(27)26(19(28)24-20)23-12-15-6-7-16(31-15)25-8-10-29-11-9-25/h2-7,12,18H,8-11H2,1H3,(H,24,28)/b23-12+. The molecule has 1 unspecified atom stereocenters. The van der Waals surface area contributed by atoms with Crippen molar-refractivity contribution >= 4 is 34.5 Å². The van der Waals surface area contributed by atoms with Gasteiger partial charge in [0.2, 0.25) is 0 Å². The first-order valence-electron chi connectivity index (χ1n) is 9.55. The van der Waals surface area contributed by atoms with Gasteiger partial charge in [-0.25, -0.2) is 4.79 Å². The molecular weight excluding hydrogens is 430 g/mol. The van der Waals surface area contributed by atoms with Crippen LogP contribution in [0.2, 0.25) is 0 Å². The summed E-state index contributed by atoms with van der Waals surface area (Å²) in [5.74, 6) is -0.607. The summed E-state index contributed by atoms with van der Waals surface area (Å²) >= 11 is 1.50. The van der Waals surface area contributed by atoms with Crippen LogP contribution in [0.5, 0.6) is 5.75 Å². The Morgan fingerprint density at radius 2 is 1.90 bits per heavy atom. The Balaban J connectivity index is 1.47. The fourth-order valence-corrected chi connectivity index (χ4v) is 4.30. The number of carbonyl (C=O) groups is 2. The molecule has 3 heterocycles. The van der Waals surface area contributed by atoms with Gasteiger partial charge in [0, 0.05) is 18.0 Å². The number of carbonyl (C=O) groups excluding carboxylic acids is 2. The van der Waals surface area contributed by atoms with Crippen LogP contribution >= 0.6 is 11.3 Å². The molecule has 2 saturated heterocycles. The van der Waals surface area contributed by atoms with Crippen LogP contribution in [0.25, 0.3) is 0 Å². The Morgan fingerprint density at radius 3 is 2.58 bits per heavy atom. The van der Waals surface area contributed by atoms with Crippen molar-refractivity contribution in [1.82, 2.24) is 10.3 Å². The first-order chi connectivity index (χ1) is 14.9. The van der Waals surface area contributed by atoms with E-state index in [-0.39, 0.29) is 5.75 Å². The molecule has 2 fully saturated rings. The highest BCUT2D eigenvalue weighted by Crippen LogP contribution is 2.31. The minimum atomic E-state index is -2.94. The molecule has 2 aromatic rings. The van der Waals surface area contributed by atoms with E-state index in [1.165, 1.54) is 48.7 Å². The molecule has 164 valence electrons. The number of benzene rings is 1. The van der Waals surface area contributed by atoms with Gasteiger partial charge in [-0.3, -0.25) is 4.79 Å². The van der Waals surface area contributed by atoms with Gasteiger partial charge in [0.1, 0.15) is 11.3 Å². The van der Waals surface area contributed by atoms with Crippen LogP contribution < -0.4 is 15.0 Å². The number of urea groups is 1. The van der Waals surface area contributed by atoms with E-state index < -0.39 is 24.1 Å². The summed E-state index contributed by atoms with van der Waals surface area (Å²) in [5, 5.41) is 8.54. The van der Waals surface area contributed by atoms with Crippen LogP contribution in [0, 0.1) is 0 Å². The van der Waals surface area contributed by atoms with Crippen LogP contribution in [0.15, 0.2) is 41.5 Å². The molecule has 1 aromatic heterocycles. The van der Waals surface area contributed by atoms with Crippen LogP contribution in [0.1, 0.15) is 17.4 Å². The number of rotatable bonds is 6. The molecule has 0 radical (unpaired) electrons. The van der Waals surface area contributed by atoms with E-state index in [0.717, 1.165) is 28.0 Å². The van der Waals surface area contributed by atoms with Gasteiger partial charge in [-0.2, -0.15) is 13.9 Å². The topological polar surface area (TPSA) is 83.5 Å². The second-order valence-corrected chi connectivity index (χ2v) is 8.19. The Labute approximate surface area is 181 Å². The van der Waals surface area contributed by atoms with Gasteiger partial charge in [0.25, 0.3) is 5.91 Å². The molecule has 31 heavy (non-hydrogen) atoms. The minimum absolute atomic E-state index is 0.0391. The number of alkyl halides is 2. The lowest BCUT2D eigenvalue weighted by Gasteiger charge is -2.27. The molecule has 0 saturated carbocycles. The Kier molecular flexibility index (Phi) is 5.88. The van der Waals surface area contributed by atoms with Gasteiger partial charge in [-0.15, -0.1) is 16.3 Å². The molecule has 0 spiro atoms. The van der Waals surface area contributed by atoms with Crippen molar-refractivity contribution in [3.8, 4) is 5.75 Å². The molecule has 1 aromatic carbocycles. The van der Waals surface area contributed by atoms with E-state index in [1.807, 2.05) is 12.1 Å². The van der Waals surface area contributed by atoms with E-state index in [4.69, 9.17) is 4.74 Å². The highest BCUT2D eigenvalue weighted by Gasteiger charge is 2.49. The normalized spacial score (nSPS) is 21.9. The van der Waals surface area contributed by atoms with Gasteiger partial charge in [-0.1, -0.05) is 12.1 Å². The van der Waals surface area contributed by atoms with Crippen LogP contribution in [0.4, 0.5) is 18.6 Å². The Morgan fingerprint density at radius 1 is 1.19 bits per heavy atom. The maximum absolute atomic E-state index is 12.9. The highest BCUT2D eigenvalue weighted by molar-refractivity contribution is 7.17. The lowest BCUT2D eigenvalue weighted by atomic mass is 9.92. The van der Waals surface area contributed by atoms with Crippen LogP contribution in [-0.2, 0) is 15.1 Å². The number of anilines is 1. The molecule has 8 nitrogen and oxygen atoms in total. The van der Waals surface area contributed by atoms with Crippen molar-refractivity contribution < 1.29 is 27.8 Å². The number of imide groups is 1. The number of hydrogen-bond donors (Lipinski definition) is 1. The van der Waals surface area contributed by atoms with E-state index >= 15 is 0 Å². The van der Waals surface area contributed by atoms with Gasteiger partial charge in [-0.05, 0) is 36.8 Å². The number of amides is 3. The summed E-state index contributed by atoms with van der Waals surface area (Å²) in [4.78, 5) is 28.3. The van der Waals surface area contributed by atoms with Crippen molar-refractivity contribution in [2.75, 3.05) is 31.2 Å². The number of hydrazone groups is 1. The van der Waals surface area contributed by atoms with Crippen molar-refractivity contribution in [1.29, 1.82) is 0 Å². The zero-order valence-electron chi connectivity index (χ0n) is 16.6. The molecule has 0 aliphatic carbocycles. The number of nitrogens with one attached hydrogen (secondary N) is 1. The van der Waals surface area contributed by atoms with Crippen molar-refractivity contribution in [3.05, 3.63) is 46.8 Å². The molecule has 2 aliphatic heterocycles. The first-order valence-corrected chi connectivity index (χ1v) is 10.4. The van der Waals surface area contributed by atoms with E-state index in [2.05, 4.69) is 20.1 Å². The average molecular weight is 450 g/mol. The minimum Gasteiger partial charge on any atom is -0.435 e. The zero-order valence-corrected chi connectivity index (χ0v) is 17.4. The number of halogens is 2. The zero-order chi connectivity index (χ0) is 22.0. The summed E-state index contributed by atoms with van der Waals surface area (Å²) < 4.78 is 34.3. The third kappa shape index (κ3) is 4.37. The third-order valence-corrected chi connectivity index (χ3v) is 6.14. The molecule has 1 atom stereocenters. The molecule has 3 amide bonds. The number of ether oxygens (including phenoxy) is 2. The maximum atomic E-state index is 12.9. The van der Waals surface area contributed by atoms with Crippen molar-refractivity contribution in [2.45, 2.75) is 19.1 Å². The number of morpholine rings is 1. The van der Waals surface area contributed by atoms with Crippen molar-refractivity contribution in [3.63, 3.8) is 0 Å². The number of nitrogens with zero attached hydrogens (tertiary/aromatic N) is 3. The molecule has 4 rings (SSSR count). The quantitative estimate of drug-likeness (QED) is 0.541. The fraction of sp³-hybridized carbons (Fsp3) is 0.350. The average Bonchev–Trinajstić information content (AvgIpc) is 3.31. The Hall–Kier alpha value is -3.05. The first kappa shape index (κ1) is 21.2. The van der Waals surface area contributed by atoms with Crippen molar-refractivity contribution in [2.24, 2.45) is 5.10 Å². The van der Waals surface area contributed by atoms with Crippen LogP contribution in [-0.4, -0.2) is 56.1 Å². The summed E-state index contributed by atoms with van der Waals surface area (Å²) in [7, 11) is 0. The SMILES string of the molecule is CC1(c2ccc(OC(F)F)cc2)NC(=O)N(/N=C/c2ccc(N3CCOCC3)s2)C1=O. The predicted octanol–water partition coefficient (Wildman–Crippen LogP) is 2.99. The Bertz CT molecular complexity index is 991. The van der Waals surface area contributed by atoms with Gasteiger partial charge in [0.15, 0.2) is 0 Å². The van der Waals surface area contributed by atoms with Gasteiger partial charge < -0.3 is 19.7 Å². The van der Waals surface area contributed by atoms with Gasteiger partial charge in [0.05, 0.1) is 24.4 Å². The maximum Gasteiger partial charge on any atom is 0.387 e. The molecular formula is C20H20F2N4O4S. The number of thiophene rings is 1. The van der Waals surface area contributed by atoms with Gasteiger partial charge >= 0.3 is 12.6 Å². The summed E-state index contributed by atoms with van der Waals surface area (Å²) in [6, 6.07) is 8.72. The summed E-state index contributed by atoms with van der Waals surface area (Å²) in [5.41, 5.74) is -0.942. The largest absolute Gasteiger partial charge is 0.435 e. The number of hydrogen-bond acceptors (Lipinski definition) is 7. The molecule has 2 aliphatic rings. The van der Waals surface area contributed by atoms with Crippen LogP contribution in [0.3, 0.4) is 0 Å². The van der Waals surface area contributed by atoms with E-state index in [0.29, 0.717) is 18.8 Å². The highest BCUT2D eigenvalue weighted by atomic mass is 32.1. The fourth-order valence-electron chi connectivity index (χ4n) is 3.37. The van der Waals surface area contributed by atoms with E-state index in [1.54, 1.807) is 0 Å². The third-order valence-electron chi connectivity index (χ3n) is 5.06. The van der Waals surface area contributed by atoms with E-state index in [9.17, 15) is 18.4 Å². The lowest BCUT2D eigenvalue weighted by Crippen LogP contribution is -2.40. The summed E-state index contributed by atoms with van der Waals surface area (Å²) in [6.45, 7) is 1.57.